The van der Waals surface area contributed by atoms with Crippen molar-refractivity contribution in [2.24, 2.45) is 0 Å². The highest BCUT2D eigenvalue weighted by Gasteiger charge is 2.60. The van der Waals surface area contributed by atoms with E-state index in [1.807, 2.05) is 0 Å². The fraction of sp³-hybridized carbons (Fsp3) is 0.615. The third kappa shape index (κ3) is 2.71. The van der Waals surface area contributed by atoms with Gasteiger partial charge < -0.3 is 9.31 Å². The van der Waals surface area contributed by atoms with Crippen molar-refractivity contribution in [2.75, 3.05) is 0 Å². The second-order valence-electron chi connectivity index (χ2n) is 6.14. The largest absolute Gasteiger partial charge is 0.496 e. The van der Waals surface area contributed by atoms with Gasteiger partial charge >= 0.3 is 19.2 Å². The van der Waals surface area contributed by atoms with Gasteiger partial charge in [0.15, 0.2) is 0 Å². The monoisotopic (exact) mass is 323 g/mol. The molecule has 0 saturated carbocycles. The molecule has 0 radical (unpaired) electrons. The zero-order chi connectivity index (χ0) is 17.0. The van der Waals surface area contributed by atoms with Gasteiger partial charge in [0.1, 0.15) is 5.69 Å². The molecule has 0 bridgehead atoms. The van der Waals surface area contributed by atoms with Crippen molar-refractivity contribution in [3.05, 3.63) is 24.0 Å². The van der Waals surface area contributed by atoms with Gasteiger partial charge in [0.2, 0.25) is 0 Å². The molecular weight excluding hydrogens is 308 g/mol. The van der Waals surface area contributed by atoms with Gasteiger partial charge in [0, 0.05) is 11.7 Å². The molecule has 1 saturated heterocycles. The van der Waals surface area contributed by atoms with Gasteiger partial charge in [-0.3, -0.25) is 4.98 Å². The minimum Gasteiger partial charge on any atom is -0.399 e. The number of halogens is 5. The third-order valence-electron chi connectivity index (χ3n) is 3.99. The maximum atomic E-state index is 13.2. The summed E-state index contributed by atoms with van der Waals surface area (Å²) in [6.07, 6.45) is -4.77. The molecule has 0 N–H and O–H groups in total. The molecule has 9 heteroatoms. The Labute approximate surface area is 125 Å². The number of hydrogen-bond donors (Lipinski definition) is 0. The molecular formula is C13H15BF5NO2. The summed E-state index contributed by atoms with van der Waals surface area (Å²) >= 11 is 0. The lowest BCUT2D eigenvalue weighted by Gasteiger charge is -2.32. The van der Waals surface area contributed by atoms with E-state index in [1.54, 1.807) is 27.7 Å². The number of nitrogens with zero attached hydrogens (tertiary/aromatic N) is 1. The first-order valence-corrected chi connectivity index (χ1v) is 6.54. The van der Waals surface area contributed by atoms with Gasteiger partial charge in [0.25, 0.3) is 0 Å². The maximum absolute atomic E-state index is 13.2. The lowest BCUT2D eigenvalue weighted by atomic mass is 9.80. The quantitative estimate of drug-likeness (QED) is 0.619. The number of rotatable bonds is 2. The van der Waals surface area contributed by atoms with E-state index in [2.05, 4.69) is 4.98 Å². The van der Waals surface area contributed by atoms with Crippen LogP contribution in [0.2, 0.25) is 0 Å². The smallest absolute Gasteiger partial charge is 0.399 e. The molecule has 122 valence electrons. The van der Waals surface area contributed by atoms with E-state index in [0.717, 1.165) is 12.3 Å². The normalized spacial score (nSPS) is 21.2. The summed E-state index contributed by atoms with van der Waals surface area (Å²) in [6.45, 7) is 7.19. The van der Waals surface area contributed by atoms with Crippen molar-refractivity contribution in [3.63, 3.8) is 0 Å². The van der Waals surface area contributed by atoms with Crippen molar-refractivity contribution in [2.45, 2.75) is 51.0 Å². The molecule has 2 heterocycles. The van der Waals surface area contributed by atoms with Gasteiger partial charge in [0.05, 0.1) is 11.2 Å². The molecule has 0 aliphatic carbocycles. The van der Waals surface area contributed by atoms with Crippen LogP contribution in [0.15, 0.2) is 18.3 Å². The van der Waals surface area contributed by atoms with Crippen molar-refractivity contribution < 1.29 is 31.3 Å². The lowest BCUT2D eigenvalue weighted by molar-refractivity contribution is -0.290. The molecule has 0 unspecified atom stereocenters. The van der Waals surface area contributed by atoms with Crippen molar-refractivity contribution in [1.29, 1.82) is 0 Å². The number of hydrogen-bond acceptors (Lipinski definition) is 3. The maximum Gasteiger partial charge on any atom is 0.496 e. The first-order chi connectivity index (χ1) is 9.78. The predicted molar refractivity (Wildman–Crippen MR) is 69.9 cm³/mol. The highest BCUT2D eigenvalue weighted by Crippen LogP contribution is 2.42. The SMILES string of the molecule is CC1(C)OB(c2ccc(C(F)(F)C(F)(F)F)nc2)OC1(C)C. The van der Waals surface area contributed by atoms with E-state index in [-0.39, 0.29) is 5.46 Å². The Morgan fingerprint density at radius 1 is 0.955 bits per heavy atom. The van der Waals surface area contributed by atoms with Crippen molar-refractivity contribution in [1.82, 2.24) is 4.98 Å². The second kappa shape index (κ2) is 4.89. The minimum absolute atomic E-state index is 0.278. The summed E-state index contributed by atoms with van der Waals surface area (Å²) in [4.78, 5) is 3.23. The van der Waals surface area contributed by atoms with Gasteiger partial charge in [-0.15, -0.1) is 0 Å². The van der Waals surface area contributed by atoms with Gasteiger partial charge in [-0.25, -0.2) is 0 Å². The van der Waals surface area contributed by atoms with Crippen LogP contribution in [0.3, 0.4) is 0 Å². The second-order valence-corrected chi connectivity index (χ2v) is 6.14. The van der Waals surface area contributed by atoms with E-state index in [4.69, 9.17) is 9.31 Å². The lowest BCUT2D eigenvalue weighted by Crippen LogP contribution is -2.41. The van der Waals surface area contributed by atoms with Crippen LogP contribution in [0, 0.1) is 0 Å². The molecule has 0 aromatic carbocycles. The first-order valence-electron chi connectivity index (χ1n) is 6.54. The zero-order valence-electron chi connectivity index (χ0n) is 12.5. The van der Waals surface area contributed by atoms with Crippen LogP contribution in [-0.4, -0.2) is 29.5 Å². The van der Waals surface area contributed by atoms with E-state index in [1.165, 1.54) is 0 Å². The number of alkyl halides is 5. The Hall–Kier alpha value is -1.22. The first kappa shape index (κ1) is 17.1. The summed E-state index contributed by atoms with van der Waals surface area (Å²) < 4.78 is 74.5. The van der Waals surface area contributed by atoms with Crippen molar-refractivity contribution >= 4 is 12.6 Å². The fourth-order valence-corrected chi connectivity index (χ4v) is 1.85. The Bertz CT molecular complexity index is 541. The van der Waals surface area contributed by atoms with Crippen molar-refractivity contribution in [3.8, 4) is 0 Å². The van der Waals surface area contributed by atoms with Gasteiger partial charge in [-0.05, 0) is 33.8 Å². The Morgan fingerprint density at radius 2 is 1.45 bits per heavy atom. The summed E-state index contributed by atoms with van der Waals surface area (Å²) in [7, 11) is -0.869. The summed E-state index contributed by atoms with van der Waals surface area (Å²) in [6, 6.07) is 1.73. The van der Waals surface area contributed by atoms with E-state index in [0.29, 0.717) is 6.07 Å². The average Bonchev–Trinajstić information content (AvgIpc) is 2.57. The van der Waals surface area contributed by atoms with Crippen LogP contribution in [0.5, 0.6) is 0 Å². The van der Waals surface area contributed by atoms with Crippen LogP contribution < -0.4 is 5.46 Å². The summed E-state index contributed by atoms with van der Waals surface area (Å²) in [5, 5.41) is 0. The number of aromatic nitrogens is 1. The number of pyridine rings is 1. The molecule has 1 fully saturated rings. The predicted octanol–water partition coefficient (Wildman–Crippen LogP) is 3.03. The molecule has 3 nitrogen and oxygen atoms in total. The minimum atomic E-state index is -5.69. The summed E-state index contributed by atoms with van der Waals surface area (Å²) in [5.74, 6) is -5.00. The van der Waals surface area contributed by atoms with Gasteiger partial charge in [-0.1, -0.05) is 6.07 Å². The standard InChI is InChI=1S/C13H15BF5NO2/c1-10(2)11(3,4)22-14(21-10)8-5-6-9(20-7-8)12(15,16)13(17,18)19/h5-7H,1-4H3. The molecule has 1 aromatic heterocycles. The Kier molecular flexibility index (Phi) is 3.81. The summed E-state index contributed by atoms with van der Waals surface area (Å²) in [5.41, 5.74) is -2.38. The van der Waals surface area contributed by atoms with E-state index >= 15 is 0 Å². The third-order valence-corrected chi connectivity index (χ3v) is 3.99. The highest BCUT2D eigenvalue weighted by atomic mass is 19.4. The molecule has 22 heavy (non-hydrogen) atoms. The highest BCUT2D eigenvalue weighted by molar-refractivity contribution is 6.62. The topological polar surface area (TPSA) is 31.4 Å². The Balaban J connectivity index is 2.25. The van der Waals surface area contributed by atoms with Crippen LogP contribution in [-0.2, 0) is 15.2 Å². The molecule has 0 spiro atoms. The van der Waals surface area contributed by atoms with Gasteiger partial charge in [-0.2, -0.15) is 22.0 Å². The molecule has 2 rings (SSSR count). The fourth-order valence-electron chi connectivity index (χ4n) is 1.85. The zero-order valence-corrected chi connectivity index (χ0v) is 12.5. The van der Waals surface area contributed by atoms with Crippen LogP contribution >= 0.6 is 0 Å². The average molecular weight is 323 g/mol. The van der Waals surface area contributed by atoms with E-state index in [9.17, 15) is 22.0 Å². The molecule has 0 amide bonds. The Morgan fingerprint density at radius 3 is 1.82 bits per heavy atom. The molecule has 1 aliphatic heterocycles. The van der Waals surface area contributed by atoms with E-state index < -0.39 is 36.1 Å². The van der Waals surface area contributed by atoms with Crippen LogP contribution in [0.4, 0.5) is 22.0 Å². The molecule has 1 aliphatic rings. The molecule has 1 aromatic rings. The van der Waals surface area contributed by atoms with Crippen LogP contribution in [0.1, 0.15) is 33.4 Å². The van der Waals surface area contributed by atoms with Crippen LogP contribution in [0.25, 0.3) is 0 Å². The molecule has 0 atom stereocenters.